The summed E-state index contributed by atoms with van der Waals surface area (Å²) >= 11 is 0. The lowest BCUT2D eigenvalue weighted by Gasteiger charge is -2.31. The molecule has 0 aliphatic carbocycles. The molecular weight excluding hydrogens is 240 g/mol. The van der Waals surface area contributed by atoms with Crippen molar-refractivity contribution in [1.82, 2.24) is 15.8 Å². The number of amides is 1. The van der Waals surface area contributed by atoms with Gasteiger partial charge in [0.25, 0.3) is 0 Å². The lowest BCUT2D eigenvalue weighted by atomic mass is 10.1. The van der Waals surface area contributed by atoms with Crippen LogP contribution < -0.4 is 16.1 Å². The first-order valence-electron chi connectivity index (χ1n) is 6.75. The summed E-state index contributed by atoms with van der Waals surface area (Å²) in [6, 6.07) is 8.62. The van der Waals surface area contributed by atoms with Gasteiger partial charge in [-0.25, -0.2) is 5.01 Å². The fourth-order valence-electron chi connectivity index (χ4n) is 2.27. The monoisotopic (exact) mass is 262 g/mol. The third kappa shape index (κ3) is 3.68. The van der Waals surface area contributed by atoms with E-state index in [0.717, 1.165) is 25.9 Å². The SMILES string of the molecule is CC(C)N(CC[C@@H]1NCc2ccccc2N1)NC=O. The van der Waals surface area contributed by atoms with Gasteiger partial charge in [-0.05, 0) is 31.9 Å². The minimum Gasteiger partial charge on any atom is -0.370 e. The largest absolute Gasteiger partial charge is 0.370 e. The van der Waals surface area contributed by atoms with E-state index in [1.807, 2.05) is 11.1 Å². The van der Waals surface area contributed by atoms with E-state index in [4.69, 9.17) is 0 Å². The van der Waals surface area contributed by atoms with Crippen LogP contribution in [0.1, 0.15) is 25.8 Å². The fourth-order valence-corrected chi connectivity index (χ4v) is 2.27. The third-order valence-electron chi connectivity index (χ3n) is 3.39. The topological polar surface area (TPSA) is 56.4 Å². The number of hydrogen-bond donors (Lipinski definition) is 3. The Bertz CT molecular complexity index is 422. The molecule has 5 heteroatoms. The first-order chi connectivity index (χ1) is 9.20. The van der Waals surface area contributed by atoms with E-state index in [1.54, 1.807) is 0 Å². The minimum absolute atomic E-state index is 0.240. The van der Waals surface area contributed by atoms with Gasteiger partial charge in [0.1, 0.15) is 0 Å². The predicted octanol–water partition coefficient (Wildman–Crippen LogP) is 1.29. The number of hydrazine groups is 1. The van der Waals surface area contributed by atoms with Crippen molar-refractivity contribution in [2.45, 2.75) is 39.0 Å². The van der Waals surface area contributed by atoms with Gasteiger partial charge < -0.3 is 5.32 Å². The van der Waals surface area contributed by atoms with Crippen molar-refractivity contribution in [2.24, 2.45) is 0 Å². The average molecular weight is 262 g/mol. The van der Waals surface area contributed by atoms with Crippen LogP contribution in [0.2, 0.25) is 0 Å². The van der Waals surface area contributed by atoms with Crippen molar-refractivity contribution >= 4 is 12.1 Å². The highest BCUT2D eigenvalue weighted by molar-refractivity contribution is 5.53. The standard InChI is InChI=1S/C14H22N4O/c1-11(2)18(16-10-19)8-7-14-15-9-12-5-3-4-6-13(12)17-14/h3-6,10-11,14-15,17H,7-9H2,1-2H3,(H,16,19)/t14-/m1/s1. The van der Waals surface area contributed by atoms with Crippen molar-refractivity contribution in [1.29, 1.82) is 0 Å². The van der Waals surface area contributed by atoms with E-state index < -0.39 is 0 Å². The summed E-state index contributed by atoms with van der Waals surface area (Å²) in [6.45, 7) is 5.82. The number of carbonyl (C=O) groups excluding carboxylic acids is 1. The molecule has 1 aromatic rings. The third-order valence-corrected chi connectivity index (χ3v) is 3.39. The van der Waals surface area contributed by atoms with Gasteiger partial charge in [-0.1, -0.05) is 18.2 Å². The van der Waals surface area contributed by atoms with E-state index >= 15 is 0 Å². The molecular formula is C14H22N4O. The lowest BCUT2D eigenvalue weighted by molar-refractivity contribution is -0.114. The molecule has 0 bridgehead atoms. The molecule has 0 aromatic heterocycles. The summed E-state index contributed by atoms with van der Waals surface area (Å²) in [6.07, 6.45) is 1.90. The zero-order chi connectivity index (χ0) is 13.7. The molecule has 1 aliphatic rings. The maximum Gasteiger partial charge on any atom is 0.221 e. The zero-order valence-electron chi connectivity index (χ0n) is 11.5. The molecule has 2 rings (SSSR count). The molecule has 1 heterocycles. The lowest BCUT2D eigenvalue weighted by Crippen LogP contribution is -2.47. The fraction of sp³-hybridized carbons (Fsp3) is 0.500. The highest BCUT2D eigenvalue weighted by Gasteiger charge is 2.17. The summed E-state index contributed by atoms with van der Waals surface area (Å²) in [7, 11) is 0. The Balaban J connectivity index is 1.86. The molecule has 0 radical (unpaired) electrons. The molecule has 0 fully saturated rings. The highest BCUT2D eigenvalue weighted by Crippen LogP contribution is 2.20. The molecule has 1 aliphatic heterocycles. The van der Waals surface area contributed by atoms with Crippen LogP contribution in [0.15, 0.2) is 24.3 Å². The second-order valence-corrected chi connectivity index (χ2v) is 5.06. The van der Waals surface area contributed by atoms with Crippen molar-refractivity contribution in [3.63, 3.8) is 0 Å². The summed E-state index contributed by atoms with van der Waals surface area (Å²) in [5.41, 5.74) is 5.23. The van der Waals surface area contributed by atoms with E-state index in [1.165, 1.54) is 11.3 Å². The number of fused-ring (bicyclic) bond motifs is 1. The molecule has 0 saturated carbocycles. The van der Waals surface area contributed by atoms with Gasteiger partial charge in [-0.15, -0.1) is 0 Å². The Morgan fingerprint density at radius 3 is 3.00 bits per heavy atom. The van der Waals surface area contributed by atoms with Crippen LogP contribution in [0.3, 0.4) is 0 Å². The maximum atomic E-state index is 10.6. The van der Waals surface area contributed by atoms with Gasteiger partial charge in [0, 0.05) is 24.8 Å². The summed E-state index contributed by atoms with van der Waals surface area (Å²) < 4.78 is 0. The van der Waals surface area contributed by atoms with Gasteiger partial charge in [-0.2, -0.15) is 0 Å². The molecule has 0 unspecified atom stereocenters. The second-order valence-electron chi connectivity index (χ2n) is 5.06. The van der Waals surface area contributed by atoms with Crippen LogP contribution in [0.25, 0.3) is 0 Å². The van der Waals surface area contributed by atoms with Crippen molar-refractivity contribution in [3.8, 4) is 0 Å². The number of para-hydroxylation sites is 1. The Kier molecular flexibility index (Phi) is 4.76. The van der Waals surface area contributed by atoms with Gasteiger partial charge in [0.05, 0.1) is 6.17 Å². The van der Waals surface area contributed by atoms with Crippen LogP contribution >= 0.6 is 0 Å². The molecule has 5 nitrogen and oxygen atoms in total. The van der Waals surface area contributed by atoms with Crippen molar-refractivity contribution in [3.05, 3.63) is 29.8 Å². The van der Waals surface area contributed by atoms with E-state index in [0.29, 0.717) is 6.04 Å². The number of rotatable bonds is 6. The van der Waals surface area contributed by atoms with Gasteiger partial charge in [-0.3, -0.25) is 15.5 Å². The van der Waals surface area contributed by atoms with E-state index in [-0.39, 0.29) is 6.17 Å². The average Bonchev–Trinajstić information content (AvgIpc) is 2.43. The van der Waals surface area contributed by atoms with Gasteiger partial charge in [0.15, 0.2) is 0 Å². The smallest absolute Gasteiger partial charge is 0.221 e. The Hall–Kier alpha value is -1.59. The van der Waals surface area contributed by atoms with Crippen LogP contribution in [-0.4, -0.2) is 30.2 Å². The summed E-state index contributed by atoms with van der Waals surface area (Å²) in [5.74, 6) is 0. The van der Waals surface area contributed by atoms with Crippen LogP contribution in [0.5, 0.6) is 0 Å². The number of anilines is 1. The van der Waals surface area contributed by atoms with Crippen molar-refractivity contribution in [2.75, 3.05) is 11.9 Å². The number of carbonyl (C=O) groups is 1. The highest BCUT2D eigenvalue weighted by atomic mass is 16.1. The Morgan fingerprint density at radius 2 is 2.26 bits per heavy atom. The van der Waals surface area contributed by atoms with Gasteiger partial charge in [0.2, 0.25) is 6.41 Å². The number of nitrogens with zero attached hydrogens (tertiary/aromatic N) is 1. The summed E-state index contributed by atoms with van der Waals surface area (Å²) in [5, 5.41) is 8.88. The Morgan fingerprint density at radius 1 is 1.47 bits per heavy atom. The molecule has 104 valence electrons. The zero-order valence-corrected chi connectivity index (χ0v) is 11.5. The summed E-state index contributed by atoms with van der Waals surface area (Å²) in [4.78, 5) is 10.6. The normalized spacial score (nSPS) is 18.0. The number of nitrogens with one attached hydrogen (secondary N) is 3. The van der Waals surface area contributed by atoms with Crippen molar-refractivity contribution < 1.29 is 4.79 Å². The van der Waals surface area contributed by atoms with Crippen LogP contribution in [-0.2, 0) is 11.3 Å². The maximum absolute atomic E-state index is 10.6. The molecule has 3 N–H and O–H groups in total. The van der Waals surface area contributed by atoms with Gasteiger partial charge >= 0.3 is 0 Å². The molecule has 19 heavy (non-hydrogen) atoms. The molecule has 1 aromatic carbocycles. The predicted molar refractivity (Wildman–Crippen MR) is 76.4 cm³/mol. The molecule has 0 saturated heterocycles. The quantitative estimate of drug-likeness (QED) is 0.534. The Labute approximate surface area is 114 Å². The second kappa shape index (κ2) is 6.54. The van der Waals surface area contributed by atoms with Crippen LogP contribution in [0, 0.1) is 0 Å². The van der Waals surface area contributed by atoms with E-state index in [2.05, 4.69) is 48.1 Å². The number of benzene rings is 1. The molecule has 1 atom stereocenters. The number of hydrogen-bond acceptors (Lipinski definition) is 4. The molecule has 0 spiro atoms. The first kappa shape index (κ1) is 13.8. The first-order valence-corrected chi connectivity index (χ1v) is 6.75. The van der Waals surface area contributed by atoms with E-state index in [9.17, 15) is 4.79 Å². The van der Waals surface area contributed by atoms with Crippen LogP contribution in [0.4, 0.5) is 5.69 Å². The minimum atomic E-state index is 0.240. The molecule has 1 amide bonds.